The van der Waals surface area contributed by atoms with Crippen LogP contribution in [0.15, 0.2) is 232 Å². The highest BCUT2D eigenvalue weighted by molar-refractivity contribution is 5.90. The summed E-state index contributed by atoms with van der Waals surface area (Å²) in [5, 5.41) is 0. The van der Waals surface area contributed by atoms with Crippen LogP contribution in [0.5, 0.6) is 11.5 Å². The van der Waals surface area contributed by atoms with E-state index in [9.17, 15) is 9.59 Å². The summed E-state index contributed by atoms with van der Waals surface area (Å²) in [6.45, 7) is 16.0. The van der Waals surface area contributed by atoms with Crippen molar-refractivity contribution < 1.29 is 19.1 Å². The molecule has 6 heteroatoms. The molecule has 9 aromatic rings. The maximum absolute atomic E-state index is 12.0. The fraction of sp³-hybridized carbons (Fsp3) is 0.0909. The Hall–Kier alpha value is -9.00. The summed E-state index contributed by atoms with van der Waals surface area (Å²) >= 11 is 0. The van der Waals surface area contributed by atoms with Crippen LogP contribution in [-0.2, 0) is 20.4 Å². The Morgan fingerprint density at radius 2 is 0.639 bits per heavy atom. The first-order valence-electron chi connectivity index (χ1n) is 24.2. The number of esters is 2. The molecule has 9 aromatic carbocycles. The third-order valence-corrected chi connectivity index (χ3v) is 14.4. The lowest BCUT2D eigenvalue weighted by molar-refractivity contribution is -0.129. The standard InChI is InChI=1S/C66H52N2O4/c1-7-63(69)71-53-33-37-57-55-35-31-51(39-59(55)65(3,4)61(57)41-53)67(47-15-11-9-12-16-47)49-27-23-45(24-28-49)43-19-21-44(22-20-43)46-25-29-50(30-26-46)68(48-17-13-10-14-18-48)52-32-36-56-58-38-34-54(72-64(70)8-2)42-62(58)66(5,6)60(56)40-52/h7-42H,1-2H2,3-6H3. The van der Waals surface area contributed by atoms with Gasteiger partial charge in [-0.1, -0.05) is 150 Å². The highest BCUT2D eigenvalue weighted by Crippen LogP contribution is 2.53. The molecule has 11 rings (SSSR count). The van der Waals surface area contributed by atoms with E-state index in [0.717, 1.165) is 78.6 Å². The first kappa shape index (κ1) is 45.4. The minimum absolute atomic E-state index is 0.325. The second kappa shape index (κ2) is 18.1. The van der Waals surface area contributed by atoms with Gasteiger partial charge in [-0.2, -0.15) is 0 Å². The quantitative estimate of drug-likeness (QED) is 0.0691. The first-order valence-corrected chi connectivity index (χ1v) is 24.2. The lowest BCUT2D eigenvalue weighted by Crippen LogP contribution is -2.17. The van der Waals surface area contributed by atoms with Gasteiger partial charge >= 0.3 is 11.9 Å². The number of hydrogen-bond acceptors (Lipinski definition) is 6. The second-order valence-electron chi connectivity index (χ2n) is 19.4. The van der Waals surface area contributed by atoms with E-state index in [-0.39, 0.29) is 10.8 Å². The zero-order chi connectivity index (χ0) is 49.7. The van der Waals surface area contributed by atoms with E-state index in [1.54, 1.807) is 0 Å². The SMILES string of the molecule is C=CC(=O)Oc1ccc2c(c1)C(C)(C)c1cc(N(c3ccccc3)c3ccc(-c4ccc(-c5ccc(N(c6ccccc6)c6ccc7c(c6)C(C)(C)c6cc(OC(=O)C=C)ccc6-7)cc5)cc4)cc3)ccc1-2. The van der Waals surface area contributed by atoms with Crippen molar-refractivity contribution in [3.05, 3.63) is 254 Å². The third-order valence-electron chi connectivity index (χ3n) is 14.4. The molecule has 0 heterocycles. The molecule has 0 aromatic heterocycles. The summed E-state index contributed by atoms with van der Waals surface area (Å²) in [6.07, 6.45) is 2.37. The summed E-state index contributed by atoms with van der Waals surface area (Å²) in [5.41, 5.74) is 19.5. The Morgan fingerprint density at radius 1 is 0.361 bits per heavy atom. The fourth-order valence-corrected chi connectivity index (χ4v) is 10.6. The molecule has 0 saturated heterocycles. The number of ether oxygens (including phenoxy) is 2. The van der Waals surface area contributed by atoms with Gasteiger partial charge in [-0.15, -0.1) is 0 Å². The topological polar surface area (TPSA) is 59.1 Å². The predicted molar refractivity (Wildman–Crippen MR) is 293 cm³/mol. The maximum Gasteiger partial charge on any atom is 0.335 e. The smallest absolute Gasteiger partial charge is 0.335 e. The van der Waals surface area contributed by atoms with Crippen LogP contribution in [0.3, 0.4) is 0 Å². The van der Waals surface area contributed by atoms with E-state index < -0.39 is 11.9 Å². The van der Waals surface area contributed by atoms with Gasteiger partial charge in [0.05, 0.1) is 0 Å². The van der Waals surface area contributed by atoms with Gasteiger partial charge in [0.2, 0.25) is 0 Å². The molecule has 0 aliphatic heterocycles. The maximum atomic E-state index is 12.0. The molecular formula is C66H52N2O4. The number of anilines is 6. The van der Waals surface area contributed by atoms with Crippen molar-refractivity contribution in [2.24, 2.45) is 0 Å². The van der Waals surface area contributed by atoms with Crippen LogP contribution in [0.4, 0.5) is 34.1 Å². The molecule has 0 atom stereocenters. The van der Waals surface area contributed by atoms with Gasteiger partial charge in [0, 0.05) is 57.1 Å². The predicted octanol–water partition coefficient (Wildman–Crippen LogP) is 16.8. The zero-order valence-electron chi connectivity index (χ0n) is 40.7. The second-order valence-corrected chi connectivity index (χ2v) is 19.4. The summed E-state index contributed by atoms with van der Waals surface area (Å²) in [4.78, 5) is 28.7. The van der Waals surface area contributed by atoms with Crippen LogP contribution in [-0.4, -0.2) is 11.9 Å². The number of carbonyl (C=O) groups excluding carboxylic acids is 2. The summed E-state index contributed by atoms with van der Waals surface area (Å²) in [6, 6.07) is 72.5. The number of hydrogen-bond donors (Lipinski definition) is 0. The van der Waals surface area contributed by atoms with Crippen LogP contribution in [0, 0.1) is 0 Å². The Morgan fingerprint density at radius 3 is 0.972 bits per heavy atom. The van der Waals surface area contributed by atoms with Crippen LogP contribution in [0.1, 0.15) is 49.9 Å². The van der Waals surface area contributed by atoms with Crippen molar-refractivity contribution in [3.63, 3.8) is 0 Å². The van der Waals surface area contributed by atoms with Crippen molar-refractivity contribution in [2.75, 3.05) is 9.80 Å². The van der Waals surface area contributed by atoms with Crippen molar-refractivity contribution in [2.45, 2.75) is 38.5 Å². The Bertz CT molecular complexity index is 3340. The average molecular weight is 937 g/mol. The van der Waals surface area contributed by atoms with Gasteiger partial charge in [-0.05, 0) is 164 Å². The molecule has 72 heavy (non-hydrogen) atoms. The summed E-state index contributed by atoms with van der Waals surface area (Å²) in [7, 11) is 0. The van der Waals surface area contributed by atoms with Crippen molar-refractivity contribution in [1.82, 2.24) is 0 Å². The minimum Gasteiger partial charge on any atom is -0.423 e. The van der Waals surface area contributed by atoms with Gasteiger partial charge in [0.1, 0.15) is 11.5 Å². The first-order chi connectivity index (χ1) is 34.9. The highest BCUT2D eigenvalue weighted by atomic mass is 16.5. The normalized spacial score (nSPS) is 13.2. The Kier molecular flexibility index (Phi) is 11.4. The van der Waals surface area contributed by atoms with E-state index in [4.69, 9.17) is 9.47 Å². The number of carbonyl (C=O) groups is 2. The molecule has 0 unspecified atom stereocenters. The molecule has 0 spiro atoms. The van der Waals surface area contributed by atoms with Crippen molar-refractivity contribution >= 4 is 46.1 Å². The number of rotatable bonds is 12. The molecule has 2 aliphatic carbocycles. The van der Waals surface area contributed by atoms with Crippen LogP contribution < -0.4 is 19.3 Å². The van der Waals surface area contributed by atoms with E-state index in [2.05, 4.69) is 208 Å². The molecule has 350 valence electrons. The summed E-state index contributed by atoms with van der Waals surface area (Å²) < 4.78 is 11.0. The molecule has 0 amide bonds. The number of benzene rings is 9. The zero-order valence-corrected chi connectivity index (χ0v) is 40.7. The van der Waals surface area contributed by atoms with Crippen LogP contribution >= 0.6 is 0 Å². The summed E-state index contributed by atoms with van der Waals surface area (Å²) in [5.74, 6) is 0.0795. The van der Waals surface area contributed by atoms with Gasteiger partial charge in [0.15, 0.2) is 0 Å². The lowest BCUT2D eigenvalue weighted by Gasteiger charge is -2.28. The molecule has 6 nitrogen and oxygen atoms in total. The van der Waals surface area contributed by atoms with E-state index in [1.807, 2.05) is 48.5 Å². The molecule has 0 N–H and O–H groups in total. The van der Waals surface area contributed by atoms with Gasteiger partial charge in [-0.3, -0.25) is 0 Å². The largest absolute Gasteiger partial charge is 0.423 e. The molecule has 0 radical (unpaired) electrons. The van der Waals surface area contributed by atoms with E-state index in [1.165, 1.54) is 34.4 Å². The number of nitrogens with zero attached hydrogens (tertiary/aromatic N) is 2. The van der Waals surface area contributed by atoms with E-state index in [0.29, 0.717) is 11.5 Å². The molecule has 2 aliphatic rings. The van der Waals surface area contributed by atoms with Crippen molar-refractivity contribution in [3.8, 4) is 56.0 Å². The number of fused-ring (bicyclic) bond motifs is 6. The monoisotopic (exact) mass is 936 g/mol. The Labute approximate surface area is 421 Å². The van der Waals surface area contributed by atoms with Gasteiger partial charge in [-0.25, -0.2) is 9.59 Å². The molecule has 0 fully saturated rings. The van der Waals surface area contributed by atoms with Gasteiger partial charge in [0.25, 0.3) is 0 Å². The molecular weight excluding hydrogens is 885 g/mol. The lowest BCUT2D eigenvalue weighted by atomic mass is 9.82. The molecule has 0 saturated carbocycles. The minimum atomic E-state index is -0.473. The average Bonchev–Trinajstić information content (AvgIpc) is 3.77. The van der Waals surface area contributed by atoms with Crippen LogP contribution in [0.2, 0.25) is 0 Å². The fourth-order valence-electron chi connectivity index (χ4n) is 10.6. The van der Waals surface area contributed by atoms with Crippen molar-refractivity contribution in [1.29, 1.82) is 0 Å². The number of para-hydroxylation sites is 2. The molecule has 0 bridgehead atoms. The third kappa shape index (κ3) is 8.07. The van der Waals surface area contributed by atoms with Gasteiger partial charge < -0.3 is 19.3 Å². The van der Waals surface area contributed by atoms with E-state index >= 15 is 0 Å². The Balaban J connectivity index is 0.846. The highest BCUT2D eigenvalue weighted by Gasteiger charge is 2.38. The van der Waals surface area contributed by atoms with Crippen LogP contribution in [0.25, 0.3) is 44.5 Å².